The first-order chi connectivity index (χ1) is 10.7. The molecule has 1 unspecified atom stereocenters. The van der Waals surface area contributed by atoms with Crippen LogP contribution in [0.15, 0.2) is 72.9 Å². The monoisotopic (exact) mass is 290 g/mol. The van der Waals surface area contributed by atoms with Crippen LogP contribution in [0.3, 0.4) is 0 Å². The van der Waals surface area contributed by atoms with Crippen LogP contribution < -0.4 is 5.32 Å². The van der Waals surface area contributed by atoms with Gasteiger partial charge < -0.3 is 10.4 Å². The molecule has 0 spiro atoms. The highest BCUT2D eigenvalue weighted by molar-refractivity contribution is 5.57. The van der Waals surface area contributed by atoms with E-state index in [1.165, 1.54) is 0 Å². The van der Waals surface area contributed by atoms with Crippen LogP contribution in [-0.4, -0.2) is 10.1 Å². The molecule has 0 fully saturated rings. The fourth-order valence-electron chi connectivity index (χ4n) is 2.41. The zero-order valence-electron chi connectivity index (χ0n) is 12.4. The summed E-state index contributed by atoms with van der Waals surface area (Å²) in [6.45, 7) is 1.99. The van der Waals surface area contributed by atoms with Crippen molar-refractivity contribution in [2.75, 3.05) is 5.32 Å². The molecular weight excluding hydrogens is 272 g/mol. The summed E-state index contributed by atoms with van der Waals surface area (Å²) in [7, 11) is 0. The standard InChI is InChI=1S/C19H18N2O/c1-14-12-18(21-16-10-6-3-7-11-16)20-13-17(14)19(22)15-8-4-2-5-9-15/h2-13,19,22H,1H3,(H,20,21). The van der Waals surface area contributed by atoms with Gasteiger partial charge in [-0.3, -0.25) is 0 Å². The summed E-state index contributed by atoms with van der Waals surface area (Å²) in [5, 5.41) is 13.8. The predicted molar refractivity (Wildman–Crippen MR) is 89.2 cm³/mol. The number of aliphatic hydroxyl groups is 1. The van der Waals surface area contributed by atoms with Crippen molar-refractivity contribution in [3.05, 3.63) is 89.6 Å². The number of anilines is 2. The van der Waals surface area contributed by atoms with E-state index in [9.17, 15) is 5.11 Å². The van der Waals surface area contributed by atoms with Crippen molar-refractivity contribution in [1.29, 1.82) is 0 Å². The van der Waals surface area contributed by atoms with Gasteiger partial charge in [-0.1, -0.05) is 48.5 Å². The van der Waals surface area contributed by atoms with Gasteiger partial charge in [-0.05, 0) is 36.2 Å². The largest absolute Gasteiger partial charge is 0.384 e. The van der Waals surface area contributed by atoms with E-state index in [0.29, 0.717) is 0 Å². The maximum absolute atomic E-state index is 10.5. The molecule has 0 amide bonds. The average molecular weight is 290 g/mol. The van der Waals surface area contributed by atoms with Gasteiger partial charge in [0.2, 0.25) is 0 Å². The van der Waals surface area contributed by atoms with Crippen LogP contribution in [0.1, 0.15) is 22.8 Å². The number of nitrogens with zero attached hydrogens (tertiary/aromatic N) is 1. The first-order valence-corrected chi connectivity index (χ1v) is 7.25. The summed E-state index contributed by atoms with van der Waals surface area (Å²) in [5.74, 6) is 0.771. The van der Waals surface area contributed by atoms with Crippen LogP contribution in [0.25, 0.3) is 0 Å². The number of aromatic nitrogens is 1. The molecule has 22 heavy (non-hydrogen) atoms. The number of para-hydroxylation sites is 1. The Morgan fingerprint density at radius 1 is 0.955 bits per heavy atom. The van der Waals surface area contributed by atoms with E-state index in [-0.39, 0.29) is 0 Å². The molecule has 2 N–H and O–H groups in total. The third kappa shape index (κ3) is 3.15. The minimum atomic E-state index is -0.653. The fraction of sp³-hybridized carbons (Fsp3) is 0.105. The Morgan fingerprint density at radius 2 is 1.59 bits per heavy atom. The van der Waals surface area contributed by atoms with Crippen molar-refractivity contribution < 1.29 is 5.11 Å². The van der Waals surface area contributed by atoms with Gasteiger partial charge >= 0.3 is 0 Å². The molecule has 1 aromatic heterocycles. The summed E-state index contributed by atoms with van der Waals surface area (Å²) >= 11 is 0. The number of aryl methyl sites for hydroxylation is 1. The van der Waals surface area contributed by atoms with Crippen molar-refractivity contribution in [2.45, 2.75) is 13.0 Å². The van der Waals surface area contributed by atoms with Crippen molar-refractivity contribution in [1.82, 2.24) is 4.98 Å². The van der Waals surface area contributed by atoms with Crippen LogP contribution in [0.2, 0.25) is 0 Å². The maximum atomic E-state index is 10.5. The minimum absolute atomic E-state index is 0.653. The highest BCUT2D eigenvalue weighted by Crippen LogP contribution is 2.26. The number of benzene rings is 2. The molecule has 110 valence electrons. The van der Waals surface area contributed by atoms with Crippen molar-refractivity contribution in [2.24, 2.45) is 0 Å². The Labute approximate surface area is 130 Å². The van der Waals surface area contributed by atoms with E-state index in [0.717, 1.165) is 28.2 Å². The molecule has 3 rings (SSSR count). The quantitative estimate of drug-likeness (QED) is 0.756. The molecule has 1 atom stereocenters. The second-order valence-electron chi connectivity index (χ2n) is 5.23. The molecule has 0 aliphatic rings. The first kappa shape index (κ1) is 14.3. The van der Waals surface area contributed by atoms with Crippen molar-refractivity contribution in [3.8, 4) is 0 Å². The third-order valence-electron chi connectivity index (χ3n) is 3.61. The second-order valence-corrected chi connectivity index (χ2v) is 5.23. The molecule has 0 saturated heterocycles. The Balaban J connectivity index is 1.83. The highest BCUT2D eigenvalue weighted by Gasteiger charge is 2.13. The Bertz CT molecular complexity index is 742. The van der Waals surface area contributed by atoms with Crippen LogP contribution in [0.4, 0.5) is 11.5 Å². The van der Waals surface area contributed by atoms with Gasteiger partial charge in [-0.15, -0.1) is 0 Å². The molecule has 0 aliphatic heterocycles. The number of aliphatic hydroxyl groups excluding tert-OH is 1. The topological polar surface area (TPSA) is 45.2 Å². The SMILES string of the molecule is Cc1cc(Nc2ccccc2)ncc1C(O)c1ccccc1. The van der Waals surface area contributed by atoms with Gasteiger partial charge in [0.15, 0.2) is 0 Å². The smallest absolute Gasteiger partial charge is 0.130 e. The number of nitrogens with one attached hydrogen (secondary N) is 1. The van der Waals surface area contributed by atoms with E-state index >= 15 is 0 Å². The molecule has 1 heterocycles. The van der Waals surface area contributed by atoms with Crippen LogP contribution in [0, 0.1) is 6.92 Å². The number of rotatable bonds is 4. The van der Waals surface area contributed by atoms with Crippen molar-refractivity contribution >= 4 is 11.5 Å². The van der Waals surface area contributed by atoms with E-state index in [2.05, 4.69) is 10.3 Å². The Morgan fingerprint density at radius 3 is 2.23 bits per heavy atom. The van der Waals surface area contributed by atoms with Crippen LogP contribution in [0.5, 0.6) is 0 Å². The van der Waals surface area contributed by atoms with E-state index in [1.807, 2.05) is 73.7 Å². The van der Waals surface area contributed by atoms with Gasteiger partial charge in [0.25, 0.3) is 0 Å². The lowest BCUT2D eigenvalue weighted by atomic mass is 9.99. The molecule has 0 aliphatic carbocycles. The summed E-state index contributed by atoms with van der Waals surface area (Å²) in [5.41, 5.74) is 3.69. The van der Waals surface area contributed by atoms with E-state index < -0.39 is 6.10 Å². The number of hydrogen-bond donors (Lipinski definition) is 2. The Hall–Kier alpha value is -2.65. The average Bonchev–Trinajstić information content (AvgIpc) is 2.56. The Kier molecular flexibility index (Phi) is 4.17. The highest BCUT2D eigenvalue weighted by atomic mass is 16.3. The van der Waals surface area contributed by atoms with E-state index in [4.69, 9.17) is 0 Å². The molecule has 0 saturated carbocycles. The number of hydrogen-bond acceptors (Lipinski definition) is 3. The zero-order chi connectivity index (χ0) is 15.4. The molecule has 0 bridgehead atoms. The van der Waals surface area contributed by atoms with Gasteiger partial charge in [0.1, 0.15) is 11.9 Å². The molecule has 2 aromatic carbocycles. The van der Waals surface area contributed by atoms with Crippen LogP contribution >= 0.6 is 0 Å². The summed E-state index contributed by atoms with van der Waals surface area (Å²) < 4.78 is 0. The number of pyridine rings is 1. The molecular formula is C19H18N2O. The first-order valence-electron chi connectivity index (χ1n) is 7.25. The normalized spacial score (nSPS) is 11.9. The summed E-state index contributed by atoms with van der Waals surface area (Å²) in [4.78, 5) is 4.41. The van der Waals surface area contributed by atoms with Crippen LogP contribution in [-0.2, 0) is 0 Å². The molecule has 3 heteroatoms. The third-order valence-corrected chi connectivity index (χ3v) is 3.61. The lowest BCUT2D eigenvalue weighted by molar-refractivity contribution is 0.219. The van der Waals surface area contributed by atoms with Gasteiger partial charge in [-0.25, -0.2) is 4.98 Å². The van der Waals surface area contributed by atoms with E-state index in [1.54, 1.807) is 6.20 Å². The molecule has 3 nitrogen and oxygen atoms in total. The maximum Gasteiger partial charge on any atom is 0.130 e. The molecule has 0 radical (unpaired) electrons. The summed E-state index contributed by atoms with van der Waals surface area (Å²) in [6.07, 6.45) is 1.08. The lowest BCUT2D eigenvalue weighted by Crippen LogP contribution is -2.04. The second kappa shape index (κ2) is 6.41. The van der Waals surface area contributed by atoms with Gasteiger partial charge in [-0.2, -0.15) is 0 Å². The fourth-order valence-corrected chi connectivity index (χ4v) is 2.41. The zero-order valence-corrected chi connectivity index (χ0v) is 12.4. The van der Waals surface area contributed by atoms with Gasteiger partial charge in [0.05, 0.1) is 0 Å². The molecule has 3 aromatic rings. The lowest BCUT2D eigenvalue weighted by Gasteiger charge is -2.15. The van der Waals surface area contributed by atoms with Gasteiger partial charge in [0, 0.05) is 17.4 Å². The summed E-state index contributed by atoms with van der Waals surface area (Å²) in [6, 6.07) is 21.5. The van der Waals surface area contributed by atoms with Crippen molar-refractivity contribution in [3.63, 3.8) is 0 Å². The predicted octanol–water partition coefficient (Wildman–Crippen LogP) is 4.22. The minimum Gasteiger partial charge on any atom is -0.384 e.